The van der Waals surface area contributed by atoms with E-state index in [1.165, 1.54) is 12.3 Å². The van der Waals surface area contributed by atoms with Crippen molar-refractivity contribution in [2.75, 3.05) is 0 Å². The van der Waals surface area contributed by atoms with Crippen LogP contribution in [0.1, 0.15) is 26.3 Å². The zero-order valence-electron chi connectivity index (χ0n) is 8.85. The van der Waals surface area contributed by atoms with Crippen LogP contribution in [0.15, 0.2) is 27.8 Å². The fourth-order valence-electron chi connectivity index (χ4n) is 1.54. The molecular formula is C10H12N2O2S. The van der Waals surface area contributed by atoms with E-state index in [0.717, 1.165) is 0 Å². The first-order chi connectivity index (χ1) is 6.82. The van der Waals surface area contributed by atoms with Crippen molar-refractivity contribution < 1.29 is 8.42 Å². The van der Waals surface area contributed by atoms with Gasteiger partial charge in [-0.1, -0.05) is 20.8 Å². The summed E-state index contributed by atoms with van der Waals surface area (Å²) in [5, 5.41) is 0. The second-order valence-corrected chi connectivity index (χ2v) is 6.11. The summed E-state index contributed by atoms with van der Waals surface area (Å²) in [5.41, 5.74) is 0.928. The van der Waals surface area contributed by atoms with Gasteiger partial charge in [-0.05, 0) is 6.07 Å². The Hall–Kier alpha value is -1.23. The third-order valence-electron chi connectivity index (χ3n) is 2.24. The SMILES string of the molecule is CC(C)(C)C1=NS(=O)(=O)c2ccncc21. The number of sulfonamides is 1. The quantitative estimate of drug-likeness (QED) is 0.672. The van der Waals surface area contributed by atoms with Crippen LogP contribution in [0.2, 0.25) is 0 Å². The maximum atomic E-state index is 11.7. The second kappa shape index (κ2) is 2.88. The van der Waals surface area contributed by atoms with E-state index in [4.69, 9.17) is 0 Å². The van der Waals surface area contributed by atoms with Gasteiger partial charge in [-0.2, -0.15) is 12.8 Å². The zero-order valence-corrected chi connectivity index (χ0v) is 9.67. The van der Waals surface area contributed by atoms with Gasteiger partial charge in [0, 0.05) is 23.4 Å². The van der Waals surface area contributed by atoms with Crippen LogP contribution in [0.5, 0.6) is 0 Å². The summed E-state index contributed by atoms with van der Waals surface area (Å²) in [7, 11) is -3.49. The van der Waals surface area contributed by atoms with E-state index in [9.17, 15) is 8.42 Å². The molecule has 0 aliphatic carbocycles. The van der Waals surface area contributed by atoms with Crippen LogP contribution in [0.25, 0.3) is 0 Å². The summed E-state index contributed by atoms with van der Waals surface area (Å²) < 4.78 is 27.2. The molecule has 4 nitrogen and oxygen atoms in total. The minimum atomic E-state index is -3.49. The van der Waals surface area contributed by atoms with Crippen molar-refractivity contribution in [2.24, 2.45) is 9.81 Å². The Labute approximate surface area is 89.1 Å². The van der Waals surface area contributed by atoms with Gasteiger partial charge < -0.3 is 0 Å². The molecule has 0 saturated heterocycles. The molecule has 0 amide bonds. The standard InChI is InChI=1S/C10H12N2O2S/c1-10(2,3)9-7-6-11-5-4-8(7)15(13,14)12-9/h4-6H,1-3H3. The first kappa shape index (κ1) is 10.3. The molecule has 0 aromatic carbocycles. The van der Waals surface area contributed by atoms with Gasteiger partial charge in [-0.3, -0.25) is 4.98 Å². The van der Waals surface area contributed by atoms with E-state index < -0.39 is 10.0 Å². The Kier molecular flexibility index (Phi) is 1.98. The highest BCUT2D eigenvalue weighted by Gasteiger charge is 2.34. The minimum absolute atomic E-state index is 0.266. The third-order valence-corrected chi connectivity index (χ3v) is 3.57. The van der Waals surface area contributed by atoms with Crippen molar-refractivity contribution in [2.45, 2.75) is 25.7 Å². The molecule has 2 rings (SSSR count). The summed E-state index contributed by atoms with van der Waals surface area (Å²) in [6.45, 7) is 5.80. The van der Waals surface area contributed by atoms with Gasteiger partial charge in [0.25, 0.3) is 10.0 Å². The molecule has 1 aromatic rings. The molecule has 1 aliphatic rings. The molecule has 0 atom stereocenters. The van der Waals surface area contributed by atoms with Crippen molar-refractivity contribution in [3.8, 4) is 0 Å². The predicted molar refractivity (Wildman–Crippen MR) is 57.4 cm³/mol. The summed E-state index contributed by atoms with van der Waals surface area (Å²) >= 11 is 0. The highest BCUT2D eigenvalue weighted by atomic mass is 32.2. The van der Waals surface area contributed by atoms with Crippen LogP contribution in [0.3, 0.4) is 0 Å². The first-order valence-electron chi connectivity index (χ1n) is 4.62. The van der Waals surface area contributed by atoms with Crippen molar-refractivity contribution in [1.29, 1.82) is 0 Å². The maximum Gasteiger partial charge on any atom is 0.283 e. The molecule has 0 fully saturated rings. The number of rotatable bonds is 0. The topological polar surface area (TPSA) is 59.4 Å². The lowest BCUT2D eigenvalue weighted by atomic mass is 9.86. The highest BCUT2D eigenvalue weighted by Crippen LogP contribution is 2.33. The van der Waals surface area contributed by atoms with Crippen LogP contribution in [-0.4, -0.2) is 19.1 Å². The van der Waals surface area contributed by atoms with Crippen molar-refractivity contribution in [3.05, 3.63) is 24.0 Å². The van der Waals surface area contributed by atoms with E-state index in [1.54, 1.807) is 6.20 Å². The monoisotopic (exact) mass is 224 g/mol. The van der Waals surface area contributed by atoms with Crippen LogP contribution >= 0.6 is 0 Å². The molecule has 0 N–H and O–H groups in total. The smallest absolute Gasteiger partial charge is 0.264 e. The molecular weight excluding hydrogens is 212 g/mol. The number of aromatic nitrogens is 1. The Morgan fingerprint density at radius 2 is 1.93 bits per heavy atom. The molecule has 80 valence electrons. The minimum Gasteiger partial charge on any atom is -0.264 e. The van der Waals surface area contributed by atoms with E-state index >= 15 is 0 Å². The lowest BCUT2D eigenvalue weighted by Crippen LogP contribution is -2.19. The summed E-state index contributed by atoms with van der Waals surface area (Å²) in [6, 6.07) is 1.49. The van der Waals surface area contributed by atoms with Crippen molar-refractivity contribution in [3.63, 3.8) is 0 Å². The van der Waals surface area contributed by atoms with E-state index in [-0.39, 0.29) is 10.3 Å². The molecule has 0 radical (unpaired) electrons. The van der Waals surface area contributed by atoms with Crippen molar-refractivity contribution in [1.82, 2.24) is 4.98 Å². The van der Waals surface area contributed by atoms with Crippen molar-refractivity contribution >= 4 is 15.7 Å². The lowest BCUT2D eigenvalue weighted by Gasteiger charge is -2.17. The van der Waals surface area contributed by atoms with Gasteiger partial charge in [-0.15, -0.1) is 0 Å². The van der Waals surface area contributed by atoms with E-state index in [2.05, 4.69) is 9.38 Å². The lowest BCUT2D eigenvalue weighted by molar-refractivity contribution is 0.589. The molecule has 0 saturated carbocycles. The van der Waals surface area contributed by atoms with Crippen LogP contribution in [0.4, 0.5) is 0 Å². The number of pyridine rings is 1. The molecule has 5 heteroatoms. The molecule has 2 heterocycles. The zero-order chi connectivity index (χ0) is 11.3. The number of nitrogens with zero attached hydrogens (tertiary/aromatic N) is 2. The Morgan fingerprint density at radius 1 is 1.27 bits per heavy atom. The summed E-state index contributed by atoms with van der Waals surface area (Å²) in [5.74, 6) is 0. The Morgan fingerprint density at radius 3 is 2.53 bits per heavy atom. The van der Waals surface area contributed by atoms with Crippen LogP contribution in [-0.2, 0) is 10.0 Å². The molecule has 15 heavy (non-hydrogen) atoms. The Bertz CT molecular complexity index is 539. The molecule has 0 spiro atoms. The normalized spacial score (nSPS) is 18.5. The number of hydrogen-bond donors (Lipinski definition) is 0. The van der Waals surface area contributed by atoms with Gasteiger partial charge in [-0.25, -0.2) is 0 Å². The van der Waals surface area contributed by atoms with Crippen LogP contribution in [0, 0.1) is 5.41 Å². The molecule has 1 aliphatic heterocycles. The maximum absolute atomic E-state index is 11.7. The van der Waals surface area contributed by atoms with Gasteiger partial charge in [0.15, 0.2) is 0 Å². The predicted octanol–water partition coefficient (Wildman–Crippen LogP) is 1.62. The van der Waals surface area contributed by atoms with Gasteiger partial charge in [0.2, 0.25) is 0 Å². The fraction of sp³-hybridized carbons (Fsp3) is 0.400. The molecule has 0 unspecified atom stereocenters. The van der Waals surface area contributed by atoms with Crippen LogP contribution < -0.4 is 0 Å². The van der Waals surface area contributed by atoms with Gasteiger partial charge in [0.1, 0.15) is 4.90 Å². The second-order valence-electron chi connectivity index (χ2n) is 4.54. The van der Waals surface area contributed by atoms with E-state index in [0.29, 0.717) is 11.3 Å². The summed E-state index contributed by atoms with van der Waals surface area (Å²) in [4.78, 5) is 4.21. The Balaban J connectivity index is 2.75. The number of fused-ring (bicyclic) bond motifs is 1. The first-order valence-corrected chi connectivity index (χ1v) is 6.06. The third kappa shape index (κ3) is 1.56. The van der Waals surface area contributed by atoms with Gasteiger partial charge >= 0.3 is 0 Å². The summed E-state index contributed by atoms with van der Waals surface area (Å²) in [6.07, 6.45) is 3.03. The largest absolute Gasteiger partial charge is 0.283 e. The average Bonchev–Trinajstić information content (AvgIpc) is 2.39. The van der Waals surface area contributed by atoms with Gasteiger partial charge in [0.05, 0.1) is 5.71 Å². The fourth-order valence-corrected chi connectivity index (χ4v) is 2.91. The number of hydrogen-bond acceptors (Lipinski definition) is 3. The highest BCUT2D eigenvalue weighted by molar-refractivity contribution is 7.90. The molecule has 0 bridgehead atoms. The average molecular weight is 224 g/mol. The molecule has 1 aromatic heterocycles. The van der Waals surface area contributed by atoms with E-state index in [1.807, 2.05) is 20.8 Å².